The molecule has 0 fully saturated rings. The molecule has 5 nitrogen and oxygen atoms in total. The van der Waals surface area contributed by atoms with Gasteiger partial charge in [0.15, 0.2) is 0 Å². The molecule has 2 heterocycles. The van der Waals surface area contributed by atoms with Crippen LogP contribution in [0.25, 0.3) is 11.3 Å². The SMILES string of the molecule is CCn1nccc1-c1ccc2c(c1)CN([C@H](CN)Cc1cccc(F)c1)C2=O. The fourth-order valence-corrected chi connectivity index (χ4v) is 3.88. The van der Waals surface area contributed by atoms with E-state index in [0.717, 1.165) is 28.9 Å². The van der Waals surface area contributed by atoms with Crippen LogP contribution in [0.1, 0.15) is 28.4 Å². The van der Waals surface area contributed by atoms with Crippen molar-refractivity contribution in [3.05, 3.63) is 77.2 Å². The number of aryl methyl sites for hydroxylation is 1. The fourth-order valence-electron chi connectivity index (χ4n) is 3.88. The van der Waals surface area contributed by atoms with Crippen molar-refractivity contribution in [3.8, 4) is 11.3 Å². The molecule has 1 aliphatic rings. The molecule has 0 saturated heterocycles. The summed E-state index contributed by atoms with van der Waals surface area (Å²) in [5, 5.41) is 4.32. The van der Waals surface area contributed by atoms with E-state index < -0.39 is 0 Å². The van der Waals surface area contributed by atoms with Crippen molar-refractivity contribution in [1.29, 1.82) is 0 Å². The third-order valence-electron chi connectivity index (χ3n) is 5.32. The molecule has 0 spiro atoms. The van der Waals surface area contributed by atoms with Gasteiger partial charge in [0.25, 0.3) is 5.91 Å². The molecule has 2 N–H and O–H groups in total. The Morgan fingerprint density at radius 3 is 2.82 bits per heavy atom. The summed E-state index contributed by atoms with van der Waals surface area (Å²) in [5.41, 5.74) is 10.6. The molecule has 0 bridgehead atoms. The van der Waals surface area contributed by atoms with Crippen molar-refractivity contribution in [2.75, 3.05) is 6.54 Å². The number of amides is 1. The Labute approximate surface area is 163 Å². The second kappa shape index (κ2) is 7.56. The molecule has 28 heavy (non-hydrogen) atoms. The van der Waals surface area contributed by atoms with Crippen LogP contribution in [0.5, 0.6) is 0 Å². The first-order valence-electron chi connectivity index (χ1n) is 9.51. The van der Waals surface area contributed by atoms with E-state index in [1.165, 1.54) is 12.1 Å². The van der Waals surface area contributed by atoms with Gasteiger partial charge in [0.1, 0.15) is 5.82 Å². The number of carbonyl (C=O) groups is 1. The Kier molecular flexibility index (Phi) is 4.96. The Morgan fingerprint density at radius 1 is 1.21 bits per heavy atom. The maximum Gasteiger partial charge on any atom is 0.254 e. The minimum Gasteiger partial charge on any atom is -0.330 e. The smallest absolute Gasteiger partial charge is 0.254 e. The monoisotopic (exact) mass is 378 g/mol. The lowest BCUT2D eigenvalue weighted by molar-refractivity contribution is 0.0708. The Bertz CT molecular complexity index is 1010. The minimum absolute atomic E-state index is 0.0163. The van der Waals surface area contributed by atoms with Crippen molar-refractivity contribution < 1.29 is 9.18 Å². The quantitative estimate of drug-likeness (QED) is 0.716. The van der Waals surface area contributed by atoms with Gasteiger partial charge in [-0.05, 0) is 54.8 Å². The number of hydrogen-bond donors (Lipinski definition) is 1. The van der Waals surface area contributed by atoms with Gasteiger partial charge in [-0.15, -0.1) is 0 Å². The van der Waals surface area contributed by atoms with E-state index in [-0.39, 0.29) is 17.8 Å². The van der Waals surface area contributed by atoms with E-state index in [0.29, 0.717) is 25.1 Å². The van der Waals surface area contributed by atoms with E-state index in [1.807, 2.05) is 35.9 Å². The number of rotatable bonds is 6. The second-order valence-corrected chi connectivity index (χ2v) is 7.06. The first-order chi connectivity index (χ1) is 13.6. The molecule has 0 unspecified atom stereocenters. The number of benzene rings is 2. The van der Waals surface area contributed by atoms with Gasteiger partial charge in [-0.25, -0.2) is 4.39 Å². The molecule has 144 valence electrons. The summed E-state index contributed by atoms with van der Waals surface area (Å²) in [6, 6.07) is 14.2. The fraction of sp³-hybridized carbons (Fsp3) is 0.273. The number of nitrogens with two attached hydrogens (primary N) is 1. The highest BCUT2D eigenvalue weighted by atomic mass is 19.1. The molecule has 1 aliphatic heterocycles. The molecule has 2 aromatic carbocycles. The van der Waals surface area contributed by atoms with Crippen LogP contribution in [0.4, 0.5) is 4.39 Å². The summed E-state index contributed by atoms with van der Waals surface area (Å²) < 4.78 is 15.4. The highest BCUT2D eigenvalue weighted by molar-refractivity contribution is 5.99. The van der Waals surface area contributed by atoms with E-state index >= 15 is 0 Å². The van der Waals surface area contributed by atoms with Crippen molar-refractivity contribution in [3.63, 3.8) is 0 Å². The topological polar surface area (TPSA) is 64.2 Å². The van der Waals surface area contributed by atoms with Gasteiger partial charge in [-0.3, -0.25) is 9.48 Å². The molecular weight excluding hydrogens is 355 g/mol. The van der Waals surface area contributed by atoms with Crippen molar-refractivity contribution in [2.45, 2.75) is 32.5 Å². The lowest BCUT2D eigenvalue weighted by atomic mass is 10.0. The number of aromatic nitrogens is 2. The highest BCUT2D eigenvalue weighted by Gasteiger charge is 2.32. The summed E-state index contributed by atoms with van der Waals surface area (Å²) in [6.07, 6.45) is 2.32. The van der Waals surface area contributed by atoms with Gasteiger partial charge in [0, 0.05) is 43.0 Å². The average molecular weight is 378 g/mol. The summed E-state index contributed by atoms with van der Waals surface area (Å²) in [7, 11) is 0. The molecule has 0 aliphatic carbocycles. The van der Waals surface area contributed by atoms with Crippen LogP contribution < -0.4 is 5.73 Å². The molecule has 0 radical (unpaired) electrons. The van der Waals surface area contributed by atoms with E-state index in [4.69, 9.17) is 5.73 Å². The first-order valence-corrected chi connectivity index (χ1v) is 9.51. The van der Waals surface area contributed by atoms with Gasteiger partial charge in [0.05, 0.1) is 5.69 Å². The summed E-state index contributed by atoms with van der Waals surface area (Å²) in [4.78, 5) is 14.8. The van der Waals surface area contributed by atoms with Gasteiger partial charge in [0.2, 0.25) is 0 Å². The highest BCUT2D eigenvalue weighted by Crippen LogP contribution is 2.30. The second-order valence-electron chi connectivity index (χ2n) is 7.06. The zero-order valence-electron chi connectivity index (χ0n) is 15.8. The molecular formula is C22H23FN4O. The number of carbonyl (C=O) groups excluding carboxylic acids is 1. The number of fused-ring (bicyclic) bond motifs is 1. The van der Waals surface area contributed by atoms with Crippen molar-refractivity contribution in [1.82, 2.24) is 14.7 Å². The molecule has 1 amide bonds. The maximum atomic E-state index is 13.5. The van der Waals surface area contributed by atoms with Gasteiger partial charge in [-0.1, -0.05) is 18.2 Å². The first kappa shape index (κ1) is 18.4. The minimum atomic E-state index is -0.276. The number of hydrogen-bond acceptors (Lipinski definition) is 3. The van der Waals surface area contributed by atoms with E-state index in [9.17, 15) is 9.18 Å². The summed E-state index contributed by atoms with van der Waals surface area (Å²) in [6.45, 7) is 3.67. The standard InChI is InChI=1S/C22H23FN4O/c1-2-27-21(8-9-25-27)16-6-7-20-17(12-16)14-26(22(20)28)19(13-24)11-15-4-3-5-18(23)10-15/h3-10,12,19H,2,11,13-14,24H2,1H3/t19-/m0/s1. The van der Waals surface area contributed by atoms with Crippen LogP contribution in [0, 0.1) is 5.82 Å². The van der Waals surface area contributed by atoms with Crippen LogP contribution in [0.2, 0.25) is 0 Å². The van der Waals surface area contributed by atoms with E-state index in [2.05, 4.69) is 11.2 Å². The van der Waals surface area contributed by atoms with E-state index in [1.54, 1.807) is 17.2 Å². The molecule has 3 aromatic rings. The Morgan fingerprint density at radius 2 is 2.07 bits per heavy atom. The largest absolute Gasteiger partial charge is 0.330 e. The third kappa shape index (κ3) is 3.31. The number of nitrogens with zero attached hydrogens (tertiary/aromatic N) is 3. The molecule has 1 atom stereocenters. The molecule has 4 rings (SSSR count). The van der Waals surface area contributed by atoms with Crippen LogP contribution in [-0.2, 0) is 19.5 Å². The van der Waals surface area contributed by atoms with Crippen LogP contribution >= 0.6 is 0 Å². The van der Waals surface area contributed by atoms with Gasteiger partial charge in [-0.2, -0.15) is 5.10 Å². The van der Waals surface area contributed by atoms with Crippen LogP contribution in [0.3, 0.4) is 0 Å². The normalized spacial score (nSPS) is 14.4. The van der Waals surface area contributed by atoms with Crippen LogP contribution in [0.15, 0.2) is 54.7 Å². The molecule has 1 aromatic heterocycles. The Balaban J connectivity index is 1.59. The lowest BCUT2D eigenvalue weighted by Gasteiger charge is -2.26. The summed E-state index contributed by atoms with van der Waals surface area (Å²) >= 11 is 0. The summed E-state index contributed by atoms with van der Waals surface area (Å²) in [5.74, 6) is -0.293. The average Bonchev–Trinajstić information content (AvgIpc) is 3.30. The molecule has 0 saturated carbocycles. The predicted molar refractivity (Wildman–Crippen MR) is 106 cm³/mol. The van der Waals surface area contributed by atoms with Crippen LogP contribution in [-0.4, -0.2) is 33.2 Å². The number of halogens is 1. The zero-order chi connectivity index (χ0) is 19.7. The zero-order valence-corrected chi connectivity index (χ0v) is 15.8. The third-order valence-corrected chi connectivity index (χ3v) is 5.32. The maximum absolute atomic E-state index is 13.5. The van der Waals surface area contributed by atoms with Gasteiger partial charge >= 0.3 is 0 Å². The van der Waals surface area contributed by atoms with Crippen molar-refractivity contribution >= 4 is 5.91 Å². The lowest BCUT2D eigenvalue weighted by Crippen LogP contribution is -2.42. The van der Waals surface area contributed by atoms with Gasteiger partial charge < -0.3 is 10.6 Å². The van der Waals surface area contributed by atoms with Crippen molar-refractivity contribution in [2.24, 2.45) is 5.73 Å². The predicted octanol–water partition coefficient (Wildman–Crippen LogP) is 3.23. The molecule has 6 heteroatoms. The Hall–Kier alpha value is -2.99.